The number of ketones is 2. The normalized spacial score (nSPS) is 24.1. The van der Waals surface area contributed by atoms with Crippen LogP contribution in [0, 0.1) is 17.8 Å². The topological polar surface area (TPSA) is 128 Å². The van der Waals surface area contributed by atoms with Gasteiger partial charge in [0.05, 0.1) is 6.04 Å². The Morgan fingerprint density at radius 1 is 1.05 bits per heavy atom. The molecule has 4 unspecified atom stereocenters. The Morgan fingerprint density at radius 2 is 1.82 bits per heavy atom. The van der Waals surface area contributed by atoms with E-state index >= 15 is 0 Å². The third-order valence-electron chi connectivity index (χ3n) is 8.19. The number of carbonyl (C=O) groups excluding carboxylic acids is 5. The molecule has 0 spiro atoms. The molecule has 9 nitrogen and oxygen atoms in total. The van der Waals surface area contributed by atoms with Crippen LogP contribution in [0.1, 0.15) is 69.3 Å². The Bertz CT molecular complexity index is 1230. The maximum Gasteiger partial charge on any atom is 0.289 e. The minimum atomic E-state index is -1.11. The Labute approximate surface area is 222 Å². The van der Waals surface area contributed by atoms with Crippen LogP contribution in [0.2, 0.25) is 0 Å². The first-order valence-corrected chi connectivity index (χ1v) is 13.8. The molecule has 3 fully saturated rings. The summed E-state index contributed by atoms with van der Waals surface area (Å²) >= 11 is 0. The van der Waals surface area contributed by atoms with Crippen molar-refractivity contribution in [2.24, 2.45) is 17.8 Å². The van der Waals surface area contributed by atoms with E-state index in [1.165, 1.54) is 0 Å². The molecule has 202 valence electrons. The second-order valence-corrected chi connectivity index (χ2v) is 11.3. The van der Waals surface area contributed by atoms with Crippen LogP contribution in [0.4, 0.5) is 0 Å². The summed E-state index contributed by atoms with van der Waals surface area (Å²) in [5.74, 6) is -2.14. The number of H-pyrrole nitrogens is 1. The molecule has 1 saturated heterocycles. The number of fused-ring (bicyclic) bond motifs is 1. The number of rotatable bonds is 9. The lowest BCUT2D eigenvalue weighted by Crippen LogP contribution is -2.55. The van der Waals surface area contributed by atoms with Crippen molar-refractivity contribution in [1.29, 1.82) is 0 Å². The lowest BCUT2D eigenvalue weighted by atomic mass is 9.91. The fourth-order valence-electron chi connectivity index (χ4n) is 6.14. The van der Waals surface area contributed by atoms with Crippen molar-refractivity contribution in [3.05, 3.63) is 36.0 Å². The summed E-state index contributed by atoms with van der Waals surface area (Å²) < 4.78 is 0. The molecule has 5 rings (SSSR count). The number of benzene rings is 1. The summed E-state index contributed by atoms with van der Waals surface area (Å²) in [5, 5.41) is 6.35. The average Bonchev–Trinajstić information content (AvgIpc) is 3.29. The highest BCUT2D eigenvalue weighted by atomic mass is 16.2. The van der Waals surface area contributed by atoms with Crippen LogP contribution < -0.4 is 10.6 Å². The maximum atomic E-state index is 13.8. The monoisotopic (exact) mass is 520 g/mol. The predicted octanol–water partition coefficient (Wildman–Crippen LogP) is 2.75. The minimum absolute atomic E-state index is 0.00307. The number of carbonyl (C=O) groups is 5. The predicted molar refractivity (Wildman–Crippen MR) is 141 cm³/mol. The van der Waals surface area contributed by atoms with E-state index in [1.807, 2.05) is 24.3 Å². The molecule has 3 N–H and O–H groups in total. The number of aromatic nitrogens is 1. The van der Waals surface area contributed by atoms with Crippen molar-refractivity contribution in [3.63, 3.8) is 0 Å². The highest BCUT2D eigenvalue weighted by molar-refractivity contribution is 6.38. The largest absolute Gasteiger partial charge is 0.351 e. The van der Waals surface area contributed by atoms with E-state index in [0.29, 0.717) is 37.4 Å². The quantitative estimate of drug-likeness (QED) is 0.438. The molecule has 3 amide bonds. The number of amides is 3. The second kappa shape index (κ2) is 10.7. The number of likely N-dealkylation sites (tertiary alicyclic amines) is 1. The van der Waals surface area contributed by atoms with E-state index in [9.17, 15) is 24.0 Å². The van der Waals surface area contributed by atoms with Gasteiger partial charge in [0.15, 0.2) is 0 Å². The van der Waals surface area contributed by atoms with Crippen molar-refractivity contribution in [2.45, 2.75) is 76.9 Å². The summed E-state index contributed by atoms with van der Waals surface area (Å²) in [7, 11) is 0. The zero-order valence-corrected chi connectivity index (χ0v) is 22.0. The molecular weight excluding hydrogens is 484 g/mol. The Morgan fingerprint density at radius 3 is 2.47 bits per heavy atom. The van der Waals surface area contributed by atoms with Gasteiger partial charge >= 0.3 is 0 Å². The van der Waals surface area contributed by atoms with E-state index in [0.717, 1.165) is 30.2 Å². The average molecular weight is 521 g/mol. The molecule has 1 aromatic heterocycles. The molecule has 2 saturated carbocycles. The molecule has 3 aliphatic rings. The van der Waals surface area contributed by atoms with E-state index < -0.39 is 29.7 Å². The molecule has 2 aromatic rings. The van der Waals surface area contributed by atoms with Crippen molar-refractivity contribution in [2.75, 3.05) is 6.54 Å². The standard InChI is InChI=1S/C29H36N4O5/c1-16(2)30-28(37)26(35)22(15-19-7-5-9-24(19)34)32-27(36)25-20(17-10-11-17)12-13-33(25)29(38)23-14-18-6-3-4-8-21(18)31-23/h3-4,6,8,14,16-17,19-20,22,25,31H,5,7,9-13,15H2,1-2H3,(H,30,37)(H,32,36). The number of nitrogens with one attached hydrogen (secondary N) is 3. The van der Waals surface area contributed by atoms with Crippen LogP contribution in [0.3, 0.4) is 0 Å². The third-order valence-corrected chi connectivity index (χ3v) is 8.19. The Hall–Kier alpha value is -3.49. The molecule has 2 aliphatic carbocycles. The molecule has 1 aliphatic heterocycles. The lowest BCUT2D eigenvalue weighted by Gasteiger charge is -2.29. The highest BCUT2D eigenvalue weighted by Crippen LogP contribution is 2.45. The van der Waals surface area contributed by atoms with Crippen molar-refractivity contribution in [3.8, 4) is 0 Å². The van der Waals surface area contributed by atoms with Crippen LogP contribution in [-0.2, 0) is 19.2 Å². The fraction of sp³-hybridized carbons (Fsp3) is 0.552. The fourth-order valence-corrected chi connectivity index (χ4v) is 6.14. The maximum absolute atomic E-state index is 13.8. The Kier molecular flexibility index (Phi) is 7.36. The molecule has 2 heterocycles. The van der Waals surface area contributed by atoms with Gasteiger partial charge < -0.3 is 20.5 Å². The summed E-state index contributed by atoms with van der Waals surface area (Å²) in [6.07, 6.45) is 4.68. The van der Waals surface area contributed by atoms with Gasteiger partial charge in [-0.3, -0.25) is 24.0 Å². The van der Waals surface area contributed by atoms with Crippen molar-refractivity contribution in [1.82, 2.24) is 20.5 Å². The number of para-hydroxylation sites is 1. The SMILES string of the molecule is CC(C)NC(=O)C(=O)C(CC1CCCC1=O)NC(=O)C1C(C2CC2)CCN1C(=O)c1cc2ccccc2[nH]1. The van der Waals surface area contributed by atoms with Crippen LogP contribution in [0.15, 0.2) is 30.3 Å². The second-order valence-electron chi connectivity index (χ2n) is 11.3. The molecular formula is C29H36N4O5. The number of Topliss-reactive ketones (excluding diaryl/α,β-unsaturated/α-hetero) is 2. The van der Waals surface area contributed by atoms with Crippen molar-refractivity contribution >= 4 is 40.2 Å². The smallest absolute Gasteiger partial charge is 0.289 e. The van der Waals surface area contributed by atoms with Crippen LogP contribution in [-0.4, -0.2) is 63.8 Å². The number of nitrogens with zero attached hydrogens (tertiary/aromatic N) is 1. The van der Waals surface area contributed by atoms with E-state index in [1.54, 1.807) is 24.8 Å². The van der Waals surface area contributed by atoms with Crippen LogP contribution >= 0.6 is 0 Å². The highest BCUT2D eigenvalue weighted by Gasteiger charge is 2.49. The summed E-state index contributed by atoms with van der Waals surface area (Å²) in [5.41, 5.74) is 1.26. The third kappa shape index (κ3) is 5.37. The number of aromatic amines is 1. The van der Waals surface area contributed by atoms with E-state index in [-0.39, 0.29) is 36.0 Å². The molecule has 9 heteroatoms. The first kappa shape index (κ1) is 26.1. The first-order chi connectivity index (χ1) is 18.2. The van der Waals surface area contributed by atoms with Crippen LogP contribution in [0.5, 0.6) is 0 Å². The minimum Gasteiger partial charge on any atom is -0.351 e. The van der Waals surface area contributed by atoms with Gasteiger partial charge in [0.1, 0.15) is 17.5 Å². The van der Waals surface area contributed by atoms with Gasteiger partial charge in [-0.15, -0.1) is 0 Å². The van der Waals surface area contributed by atoms with Gasteiger partial charge in [0.2, 0.25) is 11.7 Å². The van der Waals surface area contributed by atoms with Gasteiger partial charge in [-0.25, -0.2) is 0 Å². The first-order valence-electron chi connectivity index (χ1n) is 13.8. The molecule has 38 heavy (non-hydrogen) atoms. The zero-order valence-electron chi connectivity index (χ0n) is 22.0. The lowest BCUT2D eigenvalue weighted by molar-refractivity contribution is -0.141. The molecule has 0 radical (unpaired) electrons. The number of hydrogen-bond donors (Lipinski definition) is 3. The van der Waals surface area contributed by atoms with Gasteiger partial charge in [-0.1, -0.05) is 18.2 Å². The van der Waals surface area contributed by atoms with Crippen LogP contribution in [0.25, 0.3) is 10.9 Å². The molecule has 0 bridgehead atoms. The Balaban J connectivity index is 1.38. The van der Waals surface area contributed by atoms with E-state index in [2.05, 4.69) is 15.6 Å². The van der Waals surface area contributed by atoms with Gasteiger partial charge in [0.25, 0.3) is 11.8 Å². The summed E-state index contributed by atoms with van der Waals surface area (Å²) in [6, 6.07) is 7.33. The van der Waals surface area contributed by atoms with E-state index in [4.69, 9.17) is 0 Å². The summed E-state index contributed by atoms with van der Waals surface area (Å²) in [6.45, 7) is 3.96. The molecule has 1 aromatic carbocycles. The van der Waals surface area contributed by atoms with Gasteiger partial charge in [0, 0.05) is 35.8 Å². The molecule has 4 atom stereocenters. The van der Waals surface area contributed by atoms with Gasteiger partial charge in [-0.05, 0) is 76.3 Å². The number of hydrogen-bond acceptors (Lipinski definition) is 5. The van der Waals surface area contributed by atoms with Crippen molar-refractivity contribution < 1.29 is 24.0 Å². The zero-order chi connectivity index (χ0) is 27.0. The van der Waals surface area contributed by atoms with Gasteiger partial charge in [-0.2, -0.15) is 0 Å². The summed E-state index contributed by atoms with van der Waals surface area (Å²) in [4.78, 5) is 70.4.